The molecule has 0 saturated heterocycles. The van der Waals surface area contributed by atoms with Crippen molar-refractivity contribution in [1.82, 2.24) is 30.3 Å². The smallest absolute Gasteiger partial charge is 0.256 e. The summed E-state index contributed by atoms with van der Waals surface area (Å²) in [5, 5.41) is 14.9. The number of carbonyl (C=O) groups is 1. The van der Waals surface area contributed by atoms with Crippen LogP contribution in [0.2, 0.25) is 0 Å². The molecule has 1 aromatic carbocycles. The zero-order valence-corrected chi connectivity index (χ0v) is 19.9. The molecule has 8 heteroatoms. The van der Waals surface area contributed by atoms with Gasteiger partial charge in [-0.05, 0) is 61.4 Å². The number of carbonyl (C=O) groups excluding carboxylic acids is 1. The lowest BCUT2D eigenvalue weighted by atomic mass is 9.79. The molecule has 1 aliphatic heterocycles. The van der Waals surface area contributed by atoms with Gasteiger partial charge in [0.05, 0.1) is 23.4 Å². The third kappa shape index (κ3) is 4.49. The van der Waals surface area contributed by atoms with Crippen LogP contribution in [0.3, 0.4) is 0 Å². The molecule has 178 valence electrons. The van der Waals surface area contributed by atoms with Crippen molar-refractivity contribution in [2.45, 2.75) is 64.5 Å². The molecule has 34 heavy (non-hydrogen) atoms. The first-order valence-corrected chi connectivity index (χ1v) is 12.2. The molecule has 0 radical (unpaired) electrons. The molecule has 1 aliphatic carbocycles. The first kappa shape index (κ1) is 22.4. The number of aromatic nitrogens is 5. The first-order chi connectivity index (χ1) is 16.6. The van der Waals surface area contributed by atoms with Crippen molar-refractivity contribution in [3.05, 3.63) is 59.9 Å². The summed E-state index contributed by atoms with van der Waals surface area (Å²) in [6.07, 6.45) is 9.99. The second-order valence-electron chi connectivity index (χ2n) is 9.60. The van der Waals surface area contributed by atoms with Crippen LogP contribution in [0.4, 0.5) is 0 Å². The van der Waals surface area contributed by atoms with Gasteiger partial charge < -0.3 is 10.1 Å². The van der Waals surface area contributed by atoms with E-state index in [1.54, 1.807) is 0 Å². The summed E-state index contributed by atoms with van der Waals surface area (Å²) in [5.74, 6) is 1.82. The summed E-state index contributed by atoms with van der Waals surface area (Å²) in [5.41, 5.74) is 2.62. The lowest BCUT2D eigenvalue weighted by Gasteiger charge is -2.37. The Hall–Kier alpha value is -3.42. The molecule has 1 amide bonds. The van der Waals surface area contributed by atoms with Crippen molar-refractivity contribution in [1.29, 1.82) is 0 Å². The van der Waals surface area contributed by atoms with E-state index < -0.39 is 5.54 Å². The third-order valence-electron chi connectivity index (χ3n) is 6.98. The van der Waals surface area contributed by atoms with Gasteiger partial charge >= 0.3 is 0 Å². The molecule has 2 aliphatic rings. The Morgan fingerprint density at radius 2 is 2.03 bits per heavy atom. The van der Waals surface area contributed by atoms with Crippen molar-refractivity contribution in [2.24, 2.45) is 5.92 Å². The highest BCUT2D eigenvalue weighted by Gasteiger charge is 2.39. The van der Waals surface area contributed by atoms with Crippen LogP contribution in [0.15, 0.2) is 42.9 Å². The van der Waals surface area contributed by atoms with Crippen LogP contribution < -0.4 is 10.1 Å². The van der Waals surface area contributed by atoms with Gasteiger partial charge in [-0.15, -0.1) is 0 Å². The van der Waals surface area contributed by atoms with Gasteiger partial charge in [0.15, 0.2) is 5.82 Å². The number of H-pyrrole nitrogens is 1. The van der Waals surface area contributed by atoms with Crippen LogP contribution in [0, 0.1) is 5.92 Å². The number of hydrogen-bond acceptors (Lipinski definition) is 5. The molecule has 3 aromatic rings. The molecule has 1 fully saturated rings. The molecule has 1 saturated carbocycles. The molecule has 8 nitrogen and oxygen atoms in total. The topological polar surface area (TPSA) is 97.7 Å². The number of amides is 1. The van der Waals surface area contributed by atoms with Crippen molar-refractivity contribution in [2.75, 3.05) is 6.61 Å². The van der Waals surface area contributed by atoms with Crippen molar-refractivity contribution in [3.8, 4) is 5.75 Å². The Kier molecular flexibility index (Phi) is 6.22. The maximum Gasteiger partial charge on any atom is 0.256 e. The maximum absolute atomic E-state index is 13.4. The molecular formula is C26H32N6O2. The van der Waals surface area contributed by atoms with E-state index in [-0.39, 0.29) is 5.91 Å². The van der Waals surface area contributed by atoms with Gasteiger partial charge in [0.25, 0.3) is 5.91 Å². The molecule has 2 N–H and O–H groups in total. The van der Waals surface area contributed by atoms with Crippen molar-refractivity contribution >= 4 is 17.1 Å². The summed E-state index contributed by atoms with van der Waals surface area (Å²) < 4.78 is 7.83. The molecule has 1 atom stereocenters. The Morgan fingerprint density at radius 3 is 2.71 bits per heavy atom. The van der Waals surface area contributed by atoms with Crippen LogP contribution >= 0.6 is 0 Å². The largest absolute Gasteiger partial charge is 0.494 e. The molecule has 3 heterocycles. The van der Waals surface area contributed by atoms with E-state index in [1.165, 1.54) is 25.6 Å². The summed E-state index contributed by atoms with van der Waals surface area (Å²) in [6.45, 7) is 5.84. The number of benzene rings is 1. The number of ether oxygens (including phenoxy) is 1. The number of hydrogen-bond donors (Lipinski definition) is 2. The zero-order valence-electron chi connectivity index (χ0n) is 19.9. The highest BCUT2D eigenvalue weighted by Crippen LogP contribution is 2.40. The standard InChI is InChI=1S/C26H32N6O2/c1-3-4-14-34-20-10-8-19(9-11-20)26(2)15-21(23(25(33)29-26)24-27-17-28-30-24)22-12-13-32(31-22)16-18-6-5-7-18/h8-13,17-18H,3-7,14-16H2,1-2H3,(H,29,33)(H,27,28,30)/t26-/m0/s1. The Balaban J connectivity index is 1.46. The SMILES string of the molecule is CCCCOc1ccc([C@]2(C)CC(c3ccn(CC4CCC4)n3)=C(c3ncn[nH]3)C(=O)N2)cc1. The van der Waals surface area contributed by atoms with Gasteiger partial charge in [-0.2, -0.15) is 10.2 Å². The van der Waals surface area contributed by atoms with E-state index in [0.29, 0.717) is 30.3 Å². The first-order valence-electron chi connectivity index (χ1n) is 12.2. The van der Waals surface area contributed by atoms with Gasteiger partial charge in [-0.3, -0.25) is 14.6 Å². The maximum atomic E-state index is 13.4. The number of nitrogens with zero attached hydrogens (tertiary/aromatic N) is 4. The van der Waals surface area contributed by atoms with Crippen LogP contribution in [-0.2, 0) is 16.9 Å². The molecule has 0 unspecified atom stereocenters. The Labute approximate surface area is 199 Å². The minimum absolute atomic E-state index is 0.183. The second-order valence-corrected chi connectivity index (χ2v) is 9.60. The normalized spacial score (nSPS) is 20.8. The van der Waals surface area contributed by atoms with Gasteiger partial charge in [-0.25, -0.2) is 4.98 Å². The molecule has 5 rings (SSSR count). The van der Waals surface area contributed by atoms with E-state index in [9.17, 15) is 4.79 Å². The lowest BCUT2D eigenvalue weighted by molar-refractivity contribution is -0.117. The average Bonchev–Trinajstić information content (AvgIpc) is 3.49. The Morgan fingerprint density at radius 1 is 1.21 bits per heavy atom. The van der Waals surface area contributed by atoms with Gasteiger partial charge in [0.1, 0.15) is 12.1 Å². The fourth-order valence-corrected chi connectivity index (χ4v) is 4.72. The minimum atomic E-state index is -0.588. The summed E-state index contributed by atoms with van der Waals surface area (Å²) in [4.78, 5) is 17.7. The van der Waals surface area contributed by atoms with Crippen molar-refractivity contribution in [3.63, 3.8) is 0 Å². The Bertz CT molecular complexity index is 1160. The third-order valence-corrected chi connectivity index (χ3v) is 6.98. The molecule has 0 spiro atoms. The highest BCUT2D eigenvalue weighted by atomic mass is 16.5. The summed E-state index contributed by atoms with van der Waals surface area (Å²) in [6, 6.07) is 10.0. The van der Waals surface area contributed by atoms with Crippen LogP contribution in [0.5, 0.6) is 5.75 Å². The molecule has 0 bridgehead atoms. The predicted octanol–water partition coefficient (Wildman–Crippen LogP) is 4.33. The van der Waals surface area contributed by atoms with Gasteiger partial charge in [0.2, 0.25) is 0 Å². The average molecular weight is 461 g/mol. The summed E-state index contributed by atoms with van der Waals surface area (Å²) >= 11 is 0. The molecular weight excluding hydrogens is 428 g/mol. The predicted molar refractivity (Wildman–Crippen MR) is 130 cm³/mol. The zero-order chi connectivity index (χ0) is 23.5. The fourth-order valence-electron chi connectivity index (χ4n) is 4.72. The van der Waals surface area contributed by atoms with Gasteiger partial charge in [-0.1, -0.05) is 31.9 Å². The quantitative estimate of drug-likeness (QED) is 0.463. The number of unbranched alkanes of at least 4 members (excludes halogenated alkanes) is 1. The number of nitrogens with one attached hydrogen (secondary N) is 2. The lowest BCUT2D eigenvalue weighted by Crippen LogP contribution is -2.47. The number of aromatic amines is 1. The highest BCUT2D eigenvalue weighted by molar-refractivity contribution is 6.27. The monoisotopic (exact) mass is 460 g/mol. The van der Waals surface area contributed by atoms with E-state index in [4.69, 9.17) is 9.84 Å². The van der Waals surface area contributed by atoms with E-state index in [1.807, 2.05) is 41.2 Å². The van der Waals surface area contributed by atoms with Crippen LogP contribution in [-0.4, -0.2) is 37.5 Å². The van der Waals surface area contributed by atoms with Gasteiger partial charge in [0, 0.05) is 19.2 Å². The van der Waals surface area contributed by atoms with E-state index in [0.717, 1.165) is 42.0 Å². The number of rotatable bonds is 9. The second kappa shape index (κ2) is 9.44. The van der Waals surface area contributed by atoms with E-state index in [2.05, 4.69) is 34.3 Å². The minimum Gasteiger partial charge on any atom is -0.494 e. The summed E-state index contributed by atoms with van der Waals surface area (Å²) in [7, 11) is 0. The van der Waals surface area contributed by atoms with E-state index >= 15 is 0 Å². The van der Waals surface area contributed by atoms with Crippen molar-refractivity contribution < 1.29 is 9.53 Å². The van der Waals surface area contributed by atoms with Crippen LogP contribution in [0.25, 0.3) is 11.1 Å². The van der Waals surface area contributed by atoms with Crippen LogP contribution in [0.1, 0.15) is 69.5 Å². The fraction of sp³-hybridized carbons (Fsp3) is 0.462. The molecule has 2 aromatic heterocycles.